The summed E-state index contributed by atoms with van der Waals surface area (Å²) >= 11 is 1.76. The lowest BCUT2D eigenvalue weighted by atomic mass is 10.2. The van der Waals surface area contributed by atoms with Crippen molar-refractivity contribution in [2.24, 2.45) is 0 Å². The number of piperazine rings is 1. The number of aryl methyl sites for hydroxylation is 1. The fourth-order valence-electron chi connectivity index (χ4n) is 3.94. The third kappa shape index (κ3) is 3.04. The minimum absolute atomic E-state index is 0.942. The topological polar surface area (TPSA) is 46.0 Å². The molecule has 1 aliphatic heterocycles. The first kappa shape index (κ1) is 16.9. The van der Waals surface area contributed by atoms with Crippen molar-refractivity contribution in [2.75, 3.05) is 32.7 Å². The van der Waals surface area contributed by atoms with E-state index in [9.17, 15) is 0 Å². The van der Waals surface area contributed by atoms with Crippen molar-refractivity contribution in [3.8, 4) is 11.4 Å². The van der Waals surface area contributed by atoms with E-state index >= 15 is 0 Å². The van der Waals surface area contributed by atoms with E-state index < -0.39 is 0 Å². The summed E-state index contributed by atoms with van der Waals surface area (Å²) in [5.41, 5.74) is 5.52. The van der Waals surface area contributed by atoms with E-state index in [1.54, 1.807) is 11.3 Å². The van der Waals surface area contributed by atoms with Crippen LogP contribution in [0.1, 0.15) is 5.69 Å². The zero-order valence-corrected chi connectivity index (χ0v) is 16.3. The van der Waals surface area contributed by atoms with Gasteiger partial charge in [0.05, 0.1) is 21.4 Å². The van der Waals surface area contributed by atoms with Crippen LogP contribution in [-0.4, -0.2) is 52.2 Å². The average molecular weight is 378 g/mol. The third-order valence-electron chi connectivity index (χ3n) is 5.34. The summed E-state index contributed by atoms with van der Waals surface area (Å²) in [6.45, 7) is 8.44. The van der Waals surface area contributed by atoms with Gasteiger partial charge in [-0.2, -0.15) is 0 Å². The van der Waals surface area contributed by atoms with E-state index in [1.165, 1.54) is 10.2 Å². The van der Waals surface area contributed by atoms with Crippen LogP contribution in [0.25, 0.3) is 32.6 Å². The van der Waals surface area contributed by atoms with E-state index in [0.717, 1.165) is 67.4 Å². The van der Waals surface area contributed by atoms with Crippen LogP contribution in [0.4, 0.5) is 0 Å². The maximum Gasteiger partial charge on any atom is 0.141 e. The van der Waals surface area contributed by atoms with Gasteiger partial charge in [-0.3, -0.25) is 4.90 Å². The van der Waals surface area contributed by atoms with Gasteiger partial charge in [0.1, 0.15) is 11.3 Å². The summed E-state index contributed by atoms with van der Waals surface area (Å²) in [5.74, 6) is 1.05. The van der Waals surface area contributed by atoms with Gasteiger partial charge in [0.25, 0.3) is 0 Å². The number of hydrogen-bond donors (Lipinski definition) is 1. The molecule has 4 aromatic rings. The first-order valence-electron chi connectivity index (χ1n) is 9.54. The lowest BCUT2D eigenvalue weighted by Gasteiger charge is -2.27. The van der Waals surface area contributed by atoms with E-state index in [1.807, 2.05) is 0 Å². The van der Waals surface area contributed by atoms with Crippen molar-refractivity contribution in [1.29, 1.82) is 0 Å². The molecule has 0 unspecified atom stereocenters. The summed E-state index contributed by atoms with van der Waals surface area (Å²) in [6.07, 6.45) is 0. The van der Waals surface area contributed by atoms with Crippen LogP contribution in [-0.2, 0) is 6.54 Å². The number of hydrogen-bond acceptors (Lipinski definition) is 5. The highest BCUT2D eigenvalue weighted by Gasteiger charge is 2.19. The molecule has 1 aliphatic rings. The molecule has 3 aromatic heterocycles. The number of rotatable bonds is 4. The molecule has 0 amide bonds. The van der Waals surface area contributed by atoms with Gasteiger partial charge < -0.3 is 9.88 Å². The lowest BCUT2D eigenvalue weighted by Crippen LogP contribution is -2.44. The fourth-order valence-corrected chi connectivity index (χ4v) is 4.82. The van der Waals surface area contributed by atoms with Crippen LogP contribution >= 0.6 is 11.3 Å². The van der Waals surface area contributed by atoms with Gasteiger partial charge in [-0.25, -0.2) is 9.97 Å². The van der Waals surface area contributed by atoms with E-state index in [-0.39, 0.29) is 0 Å². The first-order valence-corrected chi connectivity index (χ1v) is 10.4. The number of thiophene rings is 1. The smallest absolute Gasteiger partial charge is 0.141 e. The molecule has 0 spiro atoms. The predicted octanol–water partition coefficient (Wildman–Crippen LogP) is 3.53. The highest BCUT2D eigenvalue weighted by molar-refractivity contribution is 7.18. The Morgan fingerprint density at radius 2 is 1.85 bits per heavy atom. The van der Waals surface area contributed by atoms with Gasteiger partial charge >= 0.3 is 0 Å². The Labute approximate surface area is 162 Å². The van der Waals surface area contributed by atoms with E-state index in [4.69, 9.17) is 9.97 Å². The SMILES string of the molecule is Cc1nc2ccsc2c2c1nc(-c1ccccc1)n2CCN1CCNCC1. The van der Waals surface area contributed by atoms with Gasteiger partial charge in [0.15, 0.2) is 0 Å². The van der Waals surface area contributed by atoms with Crippen LogP contribution in [0, 0.1) is 6.92 Å². The largest absolute Gasteiger partial charge is 0.321 e. The summed E-state index contributed by atoms with van der Waals surface area (Å²) in [5, 5.41) is 5.57. The zero-order chi connectivity index (χ0) is 18.2. The normalized spacial score (nSPS) is 15.7. The van der Waals surface area contributed by atoms with Crippen molar-refractivity contribution >= 4 is 32.6 Å². The second-order valence-electron chi connectivity index (χ2n) is 7.07. The molecule has 1 N–H and O–H groups in total. The molecule has 138 valence electrons. The van der Waals surface area contributed by atoms with Gasteiger partial charge in [-0.05, 0) is 18.4 Å². The zero-order valence-electron chi connectivity index (χ0n) is 15.5. The molecule has 0 aliphatic carbocycles. The molecule has 6 heteroatoms. The number of benzene rings is 1. The van der Waals surface area contributed by atoms with E-state index in [2.05, 4.69) is 63.5 Å². The fraction of sp³-hybridized carbons (Fsp3) is 0.333. The van der Waals surface area contributed by atoms with Crippen LogP contribution in [0.5, 0.6) is 0 Å². The Hall–Kier alpha value is -2.28. The number of pyridine rings is 1. The minimum Gasteiger partial charge on any atom is -0.321 e. The van der Waals surface area contributed by atoms with E-state index in [0.29, 0.717) is 0 Å². The Morgan fingerprint density at radius 1 is 1.04 bits per heavy atom. The van der Waals surface area contributed by atoms with Crippen molar-refractivity contribution in [2.45, 2.75) is 13.5 Å². The maximum atomic E-state index is 5.05. The van der Waals surface area contributed by atoms with Crippen LogP contribution < -0.4 is 5.32 Å². The number of nitrogens with one attached hydrogen (secondary N) is 1. The molecule has 1 aromatic carbocycles. The average Bonchev–Trinajstić information content (AvgIpc) is 3.32. The molecule has 0 saturated carbocycles. The second-order valence-corrected chi connectivity index (χ2v) is 7.99. The number of aromatic nitrogens is 3. The molecule has 0 radical (unpaired) electrons. The molecule has 5 rings (SSSR count). The molecule has 0 bridgehead atoms. The second kappa shape index (κ2) is 7.03. The van der Waals surface area contributed by atoms with Gasteiger partial charge in [0, 0.05) is 44.8 Å². The Balaban J connectivity index is 1.66. The van der Waals surface area contributed by atoms with Gasteiger partial charge in [-0.1, -0.05) is 30.3 Å². The van der Waals surface area contributed by atoms with Crippen LogP contribution in [0.15, 0.2) is 41.8 Å². The molecule has 4 heterocycles. The number of imidazole rings is 1. The first-order chi connectivity index (χ1) is 13.3. The predicted molar refractivity (Wildman–Crippen MR) is 112 cm³/mol. The molecule has 0 atom stereocenters. The standard InChI is InChI=1S/C21H23N5S/c1-15-18-19(20-17(23-15)7-14-27-20)26(13-12-25-10-8-22-9-11-25)21(24-18)16-5-3-2-4-6-16/h2-7,14,22H,8-13H2,1H3. The van der Waals surface area contributed by atoms with Crippen molar-refractivity contribution in [1.82, 2.24) is 24.8 Å². The summed E-state index contributed by atoms with van der Waals surface area (Å²) < 4.78 is 3.66. The van der Waals surface area contributed by atoms with Gasteiger partial charge in [0.2, 0.25) is 0 Å². The molecule has 1 fully saturated rings. The summed E-state index contributed by atoms with van der Waals surface area (Å²) in [6, 6.07) is 12.6. The Bertz CT molecular complexity index is 1080. The third-order valence-corrected chi connectivity index (χ3v) is 6.25. The number of nitrogens with zero attached hydrogens (tertiary/aromatic N) is 4. The Kier molecular flexibility index (Phi) is 4.39. The summed E-state index contributed by atoms with van der Waals surface area (Å²) in [7, 11) is 0. The highest BCUT2D eigenvalue weighted by Crippen LogP contribution is 2.33. The van der Waals surface area contributed by atoms with Crippen LogP contribution in [0.3, 0.4) is 0 Å². The molecular formula is C21H23N5S. The van der Waals surface area contributed by atoms with Gasteiger partial charge in [-0.15, -0.1) is 11.3 Å². The quantitative estimate of drug-likeness (QED) is 0.591. The maximum absolute atomic E-state index is 5.05. The Morgan fingerprint density at radius 3 is 2.67 bits per heavy atom. The van der Waals surface area contributed by atoms with Crippen molar-refractivity contribution < 1.29 is 0 Å². The lowest BCUT2D eigenvalue weighted by molar-refractivity contribution is 0.233. The molecular weight excluding hydrogens is 354 g/mol. The van der Waals surface area contributed by atoms with Crippen molar-refractivity contribution in [3.05, 3.63) is 47.5 Å². The van der Waals surface area contributed by atoms with Crippen LogP contribution in [0.2, 0.25) is 0 Å². The van der Waals surface area contributed by atoms with Crippen molar-refractivity contribution in [3.63, 3.8) is 0 Å². The molecule has 5 nitrogen and oxygen atoms in total. The molecule has 1 saturated heterocycles. The highest BCUT2D eigenvalue weighted by atomic mass is 32.1. The number of fused-ring (bicyclic) bond motifs is 3. The minimum atomic E-state index is 0.942. The monoisotopic (exact) mass is 377 g/mol. The summed E-state index contributed by atoms with van der Waals surface area (Å²) in [4.78, 5) is 12.4. The molecule has 27 heavy (non-hydrogen) atoms.